The van der Waals surface area contributed by atoms with Gasteiger partial charge in [-0.05, 0) is 44.3 Å². The second-order valence-electron chi connectivity index (χ2n) is 8.13. The summed E-state index contributed by atoms with van der Waals surface area (Å²) in [5.74, 6) is 0.126. The van der Waals surface area contributed by atoms with Crippen LogP contribution in [0.3, 0.4) is 0 Å². The van der Waals surface area contributed by atoms with Crippen LogP contribution in [-0.4, -0.2) is 58.0 Å². The van der Waals surface area contributed by atoms with Crippen LogP contribution in [-0.2, 0) is 24.1 Å². The number of nitrogens with one attached hydrogen (secondary N) is 1. The summed E-state index contributed by atoms with van der Waals surface area (Å²) in [5.41, 5.74) is 4.46. The molecule has 3 aromatic heterocycles. The molecule has 2 aliphatic heterocycles. The first kappa shape index (κ1) is 20.1. The van der Waals surface area contributed by atoms with E-state index in [2.05, 4.69) is 21.6 Å². The minimum atomic E-state index is -0.497. The van der Waals surface area contributed by atoms with Gasteiger partial charge in [0, 0.05) is 30.3 Å². The molecule has 3 aromatic rings. The highest BCUT2D eigenvalue weighted by Gasteiger charge is 2.24. The lowest BCUT2D eigenvalue weighted by Crippen LogP contribution is -2.29. The average molecular weight is 426 g/mol. The maximum atomic E-state index is 14.3. The molecule has 1 saturated heterocycles. The zero-order chi connectivity index (χ0) is 21.2. The fourth-order valence-corrected chi connectivity index (χ4v) is 4.49. The van der Waals surface area contributed by atoms with Gasteiger partial charge in [-0.3, -0.25) is 4.68 Å². The van der Waals surface area contributed by atoms with Crippen LogP contribution in [0.1, 0.15) is 24.1 Å². The third-order valence-electron chi connectivity index (χ3n) is 6.11. The molecule has 1 N–H and O–H groups in total. The molecule has 0 atom stereocenters. The Kier molecular flexibility index (Phi) is 5.69. The number of ether oxygens (including phenoxy) is 2. The molecule has 0 aromatic carbocycles. The van der Waals surface area contributed by atoms with E-state index in [0.717, 1.165) is 55.1 Å². The van der Waals surface area contributed by atoms with Gasteiger partial charge in [0.25, 0.3) is 0 Å². The topological polar surface area (TPSA) is 79.0 Å². The number of aromatic nitrogens is 5. The third-order valence-corrected chi connectivity index (χ3v) is 6.11. The van der Waals surface area contributed by atoms with Crippen LogP contribution in [0.2, 0.25) is 0 Å². The van der Waals surface area contributed by atoms with E-state index in [1.807, 2.05) is 15.6 Å². The Hall–Kier alpha value is -2.78. The van der Waals surface area contributed by atoms with Crippen LogP contribution < -0.4 is 10.1 Å². The largest absolute Gasteiger partial charge is 0.479 e. The zero-order valence-corrected chi connectivity index (χ0v) is 17.7. The van der Waals surface area contributed by atoms with E-state index in [1.165, 1.54) is 26.0 Å². The predicted octanol–water partition coefficient (Wildman–Crippen LogP) is 2.39. The highest BCUT2D eigenvalue weighted by molar-refractivity contribution is 5.65. The van der Waals surface area contributed by atoms with E-state index in [9.17, 15) is 4.39 Å². The van der Waals surface area contributed by atoms with E-state index in [4.69, 9.17) is 14.6 Å². The van der Waals surface area contributed by atoms with Gasteiger partial charge in [0.1, 0.15) is 5.69 Å². The van der Waals surface area contributed by atoms with Crippen LogP contribution in [0.4, 0.5) is 4.39 Å². The smallest absolute Gasteiger partial charge is 0.250 e. The zero-order valence-electron chi connectivity index (χ0n) is 17.7. The number of methoxy groups -OCH3 is 1. The minimum absolute atomic E-state index is 0.0169. The number of rotatable bonds is 5. The number of pyridine rings is 1. The molecule has 164 valence electrons. The van der Waals surface area contributed by atoms with Crippen molar-refractivity contribution in [1.82, 2.24) is 29.9 Å². The maximum Gasteiger partial charge on any atom is 0.250 e. The van der Waals surface area contributed by atoms with Crippen LogP contribution in [0.5, 0.6) is 5.88 Å². The number of hydrogen-bond donors (Lipinski definition) is 1. The third kappa shape index (κ3) is 4.07. The van der Waals surface area contributed by atoms with Crippen molar-refractivity contribution in [3.8, 4) is 22.8 Å². The van der Waals surface area contributed by atoms with Crippen LogP contribution in [0, 0.1) is 11.7 Å². The van der Waals surface area contributed by atoms with Crippen molar-refractivity contribution >= 4 is 0 Å². The van der Waals surface area contributed by atoms with Crippen molar-refractivity contribution in [3.63, 3.8) is 0 Å². The van der Waals surface area contributed by atoms with Gasteiger partial charge in [-0.1, -0.05) is 0 Å². The highest BCUT2D eigenvalue weighted by Crippen LogP contribution is 2.31. The molecule has 2 aliphatic rings. The Balaban J connectivity index is 1.50. The van der Waals surface area contributed by atoms with Crippen molar-refractivity contribution in [2.45, 2.75) is 32.2 Å². The minimum Gasteiger partial charge on any atom is -0.479 e. The molecular weight excluding hydrogens is 399 g/mol. The normalized spacial score (nSPS) is 17.4. The molecule has 8 nitrogen and oxygen atoms in total. The molecule has 0 unspecified atom stereocenters. The summed E-state index contributed by atoms with van der Waals surface area (Å²) in [6.45, 7) is 4.31. The monoisotopic (exact) mass is 426 g/mol. The lowest BCUT2D eigenvalue weighted by molar-refractivity contribution is 0.145. The van der Waals surface area contributed by atoms with Gasteiger partial charge in [0.05, 0.1) is 44.1 Å². The average Bonchev–Trinajstić information content (AvgIpc) is 3.31. The molecular formula is C22H27FN6O2. The molecule has 9 heteroatoms. The second-order valence-corrected chi connectivity index (χ2v) is 8.13. The van der Waals surface area contributed by atoms with Gasteiger partial charge in [-0.2, -0.15) is 10.2 Å². The summed E-state index contributed by atoms with van der Waals surface area (Å²) in [7, 11) is 1.41. The lowest BCUT2D eigenvalue weighted by Gasteiger charge is -2.22. The molecule has 31 heavy (non-hydrogen) atoms. The Labute approximate surface area is 180 Å². The molecule has 0 amide bonds. The number of fused-ring (bicyclic) bond motifs is 1. The molecule has 5 heterocycles. The van der Waals surface area contributed by atoms with Crippen molar-refractivity contribution in [2.24, 2.45) is 5.92 Å². The predicted molar refractivity (Wildman–Crippen MR) is 113 cm³/mol. The number of piperidine rings is 1. The number of halogens is 1. The number of nitrogens with zero attached hydrogens (tertiary/aromatic N) is 5. The molecule has 5 rings (SSSR count). The van der Waals surface area contributed by atoms with Gasteiger partial charge in [0.15, 0.2) is 5.82 Å². The fraction of sp³-hybridized carbons (Fsp3) is 0.500. The first-order valence-electron chi connectivity index (χ1n) is 10.8. The quantitative estimate of drug-likeness (QED) is 0.675. The molecule has 1 fully saturated rings. The molecule has 0 saturated carbocycles. The van der Waals surface area contributed by atoms with Crippen molar-refractivity contribution < 1.29 is 13.9 Å². The molecule has 0 aliphatic carbocycles. The van der Waals surface area contributed by atoms with Crippen molar-refractivity contribution in [1.29, 1.82) is 0 Å². The molecule has 0 spiro atoms. The number of hydrogen-bond acceptors (Lipinski definition) is 6. The van der Waals surface area contributed by atoms with Gasteiger partial charge >= 0.3 is 0 Å². The SMILES string of the molecule is COc1ncc(-c2nn(-c3cnn(CC4CCNCC4)c3)c3c2CCOCC3)cc1F. The van der Waals surface area contributed by atoms with E-state index in [-0.39, 0.29) is 5.88 Å². The Morgan fingerprint density at radius 1 is 1.23 bits per heavy atom. The van der Waals surface area contributed by atoms with Crippen molar-refractivity contribution in [3.05, 3.63) is 41.7 Å². The van der Waals surface area contributed by atoms with Crippen molar-refractivity contribution in [2.75, 3.05) is 33.4 Å². The van der Waals surface area contributed by atoms with E-state index < -0.39 is 5.82 Å². The molecule has 0 bridgehead atoms. The van der Waals surface area contributed by atoms with Gasteiger partial charge in [-0.15, -0.1) is 0 Å². The summed E-state index contributed by atoms with van der Waals surface area (Å²) in [6, 6.07) is 1.44. The van der Waals surface area contributed by atoms with E-state index in [0.29, 0.717) is 24.7 Å². The summed E-state index contributed by atoms with van der Waals surface area (Å²) in [4.78, 5) is 4.10. The molecule has 0 radical (unpaired) electrons. The van der Waals surface area contributed by atoms with Crippen LogP contribution >= 0.6 is 0 Å². The standard InChI is InChI=1S/C22H27FN6O2/c1-30-22-19(23)10-16(11-25-22)21-18-4-8-31-9-5-20(18)29(27-21)17-12-26-28(14-17)13-15-2-6-24-7-3-15/h10-12,14-15,24H,2-9,13H2,1H3. The fourth-order valence-electron chi connectivity index (χ4n) is 4.49. The maximum absolute atomic E-state index is 14.3. The van der Waals surface area contributed by atoms with Crippen LogP contribution in [0.25, 0.3) is 16.9 Å². The summed E-state index contributed by atoms with van der Waals surface area (Å²) in [5, 5.41) is 12.9. The Morgan fingerprint density at radius 2 is 2.06 bits per heavy atom. The highest BCUT2D eigenvalue weighted by atomic mass is 19.1. The second kappa shape index (κ2) is 8.76. The van der Waals surface area contributed by atoms with Gasteiger partial charge in [0.2, 0.25) is 5.88 Å². The first-order chi connectivity index (χ1) is 15.2. The van der Waals surface area contributed by atoms with E-state index in [1.54, 1.807) is 6.20 Å². The summed E-state index contributed by atoms with van der Waals surface area (Å²) >= 11 is 0. The van der Waals surface area contributed by atoms with Gasteiger partial charge in [-0.25, -0.2) is 14.1 Å². The first-order valence-corrected chi connectivity index (χ1v) is 10.8. The Bertz CT molecular complexity index is 1060. The summed E-state index contributed by atoms with van der Waals surface area (Å²) in [6.07, 6.45) is 9.33. The van der Waals surface area contributed by atoms with E-state index >= 15 is 0 Å². The van der Waals surface area contributed by atoms with Crippen LogP contribution in [0.15, 0.2) is 24.7 Å². The van der Waals surface area contributed by atoms with Gasteiger partial charge < -0.3 is 14.8 Å². The summed E-state index contributed by atoms with van der Waals surface area (Å²) < 4.78 is 29.0. The Morgan fingerprint density at radius 3 is 2.87 bits per heavy atom. The lowest BCUT2D eigenvalue weighted by atomic mass is 9.98.